The summed E-state index contributed by atoms with van der Waals surface area (Å²) in [5.74, 6) is 0.509. The molecule has 3 nitrogen and oxygen atoms in total. The van der Waals surface area contributed by atoms with E-state index in [-0.39, 0.29) is 0 Å². The van der Waals surface area contributed by atoms with Gasteiger partial charge >= 0.3 is 0 Å². The summed E-state index contributed by atoms with van der Waals surface area (Å²) < 4.78 is 1.70. The topological polar surface area (TPSA) is 43.8 Å². The van der Waals surface area contributed by atoms with Crippen LogP contribution in [0.4, 0.5) is 5.82 Å². The molecule has 0 saturated heterocycles. The molecule has 0 radical (unpaired) electrons. The molecule has 0 aliphatic heterocycles. The highest BCUT2D eigenvalue weighted by atomic mass is 35.5. The molecule has 1 heterocycles. The molecule has 0 unspecified atom stereocenters. The number of benzene rings is 1. The van der Waals surface area contributed by atoms with E-state index >= 15 is 0 Å². The largest absolute Gasteiger partial charge is 0.382 e. The van der Waals surface area contributed by atoms with E-state index in [0.29, 0.717) is 10.8 Å². The van der Waals surface area contributed by atoms with Crippen LogP contribution < -0.4 is 5.73 Å². The molecular formula is C9H8ClN3. The van der Waals surface area contributed by atoms with E-state index in [9.17, 15) is 0 Å². The standard InChI is InChI=1S/C9H8ClN3/c10-7-1-3-8(4-2-7)13-6-5-9(11)12-13/h1-6H,(H2,11,12). The van der Waals surface area contributed by atoms with Gasteiger partial charge in [-0.15, -0.1) is 0 Å². The van der Waals surface area contributed by atoms with Gasteiger partial charge in [0.15, 0.2) is 0 Å². The number of rotatable bonds is 1. The summed E-state index contributed by atoms with van der Waals surface area (Å²) in [5.41, 5.74) is 6.43. The van der Waals surface area contributed by atoms with Gasteiger partial charge in [-0.1, -0.05) is 11.6 Å². The van der Waals surface area contributed by atoms with Crippen molar-refractivity contribution in [2.24, 2.45) is 0 Å². The molecule has 0 saturated carbocycles. The van der Waals surface area contributed by atoms with E-state index in [0.717, 1.165) is 5.69 Å². The summed E-state index contributed by atoms with van der Waals surface area (Å²) >= 11 is 5.75. The van der Waals surface area contributed by atoms with Crippen molar-refractivity contribution >= 4 is 17.4 Å². The van der Waals surface area contributed by atoms with Crippen molar-refractivity contribution in [1.82, 2.24) is 9.78 Å². The zero-order valence-corrected chi connectivity index (χ0v) is 7.57. The van der Waals surface area contributed by atoms with Gasteiger partial charge in [-0.25, -0.2) is 4.68 Å². The fourth-order valence-electron chi connectivity index (χ4n) is 1.08. The molecule has 1 aromatic heterocycles. The molecule has 0 bridgehead atoms. The maximum absolute atomic E-state index is 5.75. The van der Waals surface area contributed by atoms with E-state index in [1.807, 2.05) is 24.3 Å². The van der Waals surface area contributed by atoms with Gasteiger partial charge in [0.2, 0.25) is 0 Å². The van der Waals surface area contributed by atoms with Crippen molar-refractivity contribution < 1.29 is 0 Å². The van der Waals surface area contributed by atoms with Crippen LogP contribution in [0.15, 0.2) is 36.5 Å². The lowest BCUT2D eigenvalue weighted by Gasteiger charge is -1.99. The molecule has 13 heavy (non-hydrogen) atoms. The van der Waals surface area contributed by atoms with Crippen LogP contribution in [0.2, 0.25) is 5.02 Å². The molecule has 2 aromatic rings. The third-order valence-corrected chi connectivity index (χ3v) is 1.95. The van der Waals surface area contributed by atoms with Gasteiger partial charge < -0.3 is 5.73 Å². The molecule has 66 valence electrons. The van der Waals surface area contributed by atoms with Crippen molar-refractivity contribution in [3.63, 3.8) is 0 Å². The Hall–Kier alpha value is -1.48. The van der Waals surface area contributed by atoms with Crippen molar-refractivity contribution in [2.75, 3.05) is 5.73 Å². The molecule has 0 aliphatic rings. The van der Waals surface area contributed by atoms with E-state index in [1.165, 1.54) is 0 Å². The van der Waals surface area contributed by atoms with E-state index in [4.69, 9.17) is 17.3 Å². The first-order chi connectivity index (χ1) is 6.25. The first-order valence-corrected chi connectivity index (χ1v) is 4.20. The summed E-state index contributed by atoms with van der Waals surface area (Å²) in [6.07, 6.45) is 1.80. The SMILES string of the molecule is Nc1ccn(-c2ccc(Cl)cc2)n1. The third kappa shape index (κ3) is 1.65. The van der Waals surface area contributed by atoms with Crippen LogP contribution in [0, 0.1) is 0 Å². The van der Waals surface area contributed by atoms with Gasteiger partial charge in [-0.05, 0) is 24.3 Å². The molecule has 0 fully saturated rings. The zero-order valence-electron chi connectivity index (χ0n) is 6.81. The monoisotopic (exact) mass is 193 g/mol. The van der Waals surface area contributed by atoms with E-state index in [2.05, 4.69) is 5.10 Å². The first-order valence-electron chi connectivity index (χ1n) is 3.83. The summed E-state index contributed by atoms with van der Waals surface area (Å²) in [4.78, 5) is 0. The van der Waals surface area contributed by atoms with Crippen LogP contribution in [0.3, 0.4) is 0 Å². The highest BCUT2D eigenvalue weighted by Gasteiger charge is 1.97. The number of nitrogen functional groups attached to an aromatic ring is 1. The normalized spacial score (nSPS) is 10.2. The highest BCUT2D eigenvalue weighted by Crippen LogP contribution is 2.13. The Morgan fingerprint density at radius 3 is 2.38 bits per heavy atom. The molecule has 0 atom stereocenters. The van der Waals surface area contributed by atoms with Crippen LogP contribution in [0.25, 0.3) is 5.69 Å². The zero-order chi connectivity index (χ0) is 9.26. The Balaban J connectivity index is 2.41. The number of hydrogen-bond acceptors (Lipinski definition) is 2. The Morgan fingerprint density at radius 1 is 1.15 bits per heavy atom. The fraction of sp³-hybridized carbons (Fsp3) is 0. The van der Waals surface area contributed by atoms with Crippen LogP contribution in [0.5, 0.6) is 0 Å². The van der Waals surface area contributed by atoms with Gasteiger partial charge in [0.1, 0.15) is 5.82 Å². The number of nitrogens with two attached hydrogens (primary N) is 1. The Bertz CT molecular complexity index is 405. The van der Waals surface area contributed by atoms with Gasteiger partial charge in [0.05, 0.1) is 5.69 Å². The number of hydrogen-bond donors (Lipinski definition) is 1. The van der Waals surface area contributed by atoms with Crippen LogP contribution >= 0.6 is 11.6 Å². The molecule has 0 aliphatic carbocycles. The highest BCUT2D eigenvalue weighted by molar-refractivity contribution is 6.30. The second-order valence-electron chi connectivity index (χ2n) is 2.66. The van der Waals surface area contributed by atoms with Gasteiger partial charge in [0.25, 0.3) is 0 Å². The Morgan fingerprint density at radius 2 is 1.85 bits per heavy atom. The molecule has 4 heteroatoms. The second kappa shape index (κ2) is 3.11. The summed E-state index contributed by atoms with van der Waals surface area (Å²) in [6.45, 7) is 0. The maximum atomic E-state index is 5.75. The molecule has 2 rings (SSSR count). The number of aromatic nitrogens is 2. The third-order valence-electron chi connectivity index (χ3n) is 1.70. The lowest BCUT2D eigenvalue weighted by Crippen LogP contribution is -1.95. The average molecular weight is 194 g/mol. The predicted octanol–water partition coefficient (Wildman–Crippen LogP) is 2.11. The average Bonchev–Trinajstić information content (AvgIpc) is 2.53. The molecule has 0 spiro atoms. The van der Waals surface area contributed by atoms with Crippen LogP contribution in [-0.4, -0.2) is 9.78 Å². The number of halogens is 1. The summed E-state index contributed by atoms with van der Waals surface area (Å²) in [5, 5.41) is 4.77. The van der Waals surface area contributed by atoms with Crippen LogP contribution in [-0.2, 0) is 0 Å². The van der Waals surface area contributed by atoms with Crippen molar-refractivity contribution in [1.29, 1.82) is 0 Å². The van der Waals surface area contributed by atoms with Gasteiger partial charge in [-0.3, -0.25) is 0 Å². The van der Waals surface area contributed by atoms with Gasteiger partial charge in [-0.2, -0.15) is 5.10 Å². The Kier molecular flexibility index (Phi) is 1.94. The minimum absolute atomic E-state index is 0.509. The van der Waals surface area contributed by atoms with E-state index < -0.39 is 0 Å². The van der Waals surface area contributed by atoms with Gasteiger partial charge in [0, 0.05) is 17.3 Å². The molecule has 2 N–H and O–H groups in total. The Labute approximate surface area is 80.7 Å². The smallest absolute Gasteiger partial charge is 0.145 e. The minimum Gasteiger partial charge on any atom is -0.382 e. The first kappa shape index (κ1) is 8.13. The lowest BCUT2D eigenvalue weighted by atomic mass is 10.3. The van der Waals surface area contributed by atoms with Crippen molar-refractivity contribution in [3.8, 4) is 5.69 Å². The molecule has 0 amide bonds. The number of nitrogens with zero attached hydrogens (tertiary/aromatic N) is 2. The summed E-state index contributed by atoms with van der Waals surface area (Å²) in [6, 6.07) is 9.14. The quantitative estimate of drug-likeness (QED) is 0.754. The summed E-state index contributed by atoms with van der Waals surface area (Å²) in [7, 11) is 0. The fourth-order valence-corrected chi connectivity index (χ4v) is 1.20. The van der Waals surface area contributed by atoms with E-state index in [1.54, 1.807) is 16.9 Å². The maximum Gasteiger partial charge on any atom is 0.145 e. The lowest BCUT2D eigenvalue weighted by molar-refractivity contribution is 0.886. The van der Waals surface area contributed by atoms with Crippen molar-refractivity contribution in [2.45, 2.75) is 0 Å². The van der Waals surface area contributed by atoms with Crippen LogP contribution in [0.1, 0.15) is 0 Å². The van der Waals surface area contributed by atoms with Crippen molar-refractivity contribution in [3.05, 3.63) is 41.6 Å². The number of anilines is 1. The second-order valence-corrected chi connectivity index (χ2v) is 3.10. The molecule has 1 aromatic carbocycles. The molecular weight excluding hydrogens is 186 g/mol. The minimum atomic E-state index is 0.509. The predicted molar refractivity (Wildman–Crippen MR) is 53.0 cm³/mol.